The molecule has 1 aromatic rings. The van der Waals surface area contributed by atoms with E-state index in [1.807, 2.05) is 18.2 Å². The lowest BCUT2D eigenvalue weighted by Crippen LogP contribution is -2.51. The Morgan fingerprint density at radius 3 is 2.65 bits per heavy atom. The molecule has 5 nitrogen and oxygen atoms in total. The number of benzene rings is 1. The van der Waals surface area contributed by atoms with E-state index in [0.29, 0.717) is 30.6 Å². The molecule has 1 saturated heterocycles. The summed E-state index contributed by atoms with van der Waals surface area (Å²) >= 11 is 0. The molecule has 1 aliphatic heterocycles. The predicted molar refractivity (Wildman–Crippen MR) is 87.6 cm³/mol. The zero-order valence-electron chi connectivity index (χ0n) is 13.5. The molecule has 3 N–H and O–H groups in total. The van der Waals surface area contributed by atoms with Crippen LogP contribution >= 0.6 is 0 Å². The Bertz CT molecular complexity index is 532. The van der Waals surface area contributed by atoms with Crippen molar-refractivity contribution in [3.05, 3.63) is 35.9 Å². The van der Waals surface area contributed by atoms with Crippen LogP contribution in [0, 0.1) is 11.8 Å². The molecule has 1 heterocycles. The van der Waals surface area contributed by atoms with Gasteiger partial charge in [0.25, 0.3) is 5.91 Å². The number of ether oxygens (including phenoxy) is 1. The molecule has 3 rings (SSSR count). The molecular weight excluding hydrogens is 292 g/mol. The maximum absolute atomic E-state index is 12.0. The molecule has 0 bridgehead atoms. The Morgan fingerprint density at radius 1 is 1.30 bits per heavy atom. The van der Waals surface area contributed by atoms with Crippen LogP contribution in [0.4, 0.5) is 0 Å². The molecule has 2 fully saturated rings. The van der Waals surface area contributed by atoms with Crippen LogP contribution < -0.4 is 5.73 Å². The number of nitrogens with zero attached hydrogens (tertiary/aromatic N) is 1. The van der Waals surface area contributed by atoms with E-state index in [9.17, 15) is 9.90 Å². The molecule has 5 heteroatoms. The van der Waals surface area contributed by atoms with Crippen molar-refractivity contribution in [3.63, 3.8) is 0 Å². The summed E-state index contributed by atoms with van der Waals surface area (Å²) in [5, 5.41) is 10.9. The molecule has 23 heavy (non-hydrogen) atoms. The van der Waals surface area contributed by atoms with E-state index in [1.54, 1.807) is 12.1 Å². The number of hydrogen-bond donors (Lipinski definition) is 2. The average Bonchev–Trinajstić information content (AvgIpc) is 2.71. The van der Waals surface area contributed by atoms with Crippen LogP contribution in [0.25, 0.3) is 0 Å². The van der Waals surface area contributed by atoms with Gasteiger partial charge in [-0.25, -0.2) is 0 Å². The van der Waals surface area contributed by atoms with Crippen LogP contribution in [0.15, 0.2) is 30.3 Å². The highest BCUT2D eigenvalue weighted by molar-refractivity contribution is 5.85. The number of aliphatic hydroxyl groups is 1. The molecule has 1 aliphatic carbocycles. The van der Waals surface area contributed by atoms with Crippen molar-refractivity contribution in [1.29, 1.82) is 0 Å². The summed E-state index contributed by atoms with van der Waals surface area (Å²) in [6.45, 7) is 3.20. The highest BCUT2D eigenvalue weighted by Crippen LogP contribution is 2.35. The van der Waals surface area contributed by atoms with Gasteiger partial charge in [0.2, 0.25) is 0 Å². The van der Waals surface area contributed by atoms with Crippen LogP contribution in [0.3, 0.4) is 0 Å². The van der Waals surface area contributed by atoms with Crippen molar-refractivity contribution in [2.45, 2.75) is 24.9 Å². The summed E-state index contributed by atoms with van der Waals surface area (Å²) in [6.07, 6.45) is 3.83. The molecule has 2 aliphatic rings. The highest BCUT2D eigenvalue weighted by atomic mass is 16.5. The Kier molecular flexibility index (Phi) is 4.99. The first-order valence-corrected chi connectivity index (χ1v) is 8.47. The fourth-order valence-corrected chi connectivity index (χ4v) is 3.59. The third-order valence-corrected chi connectivity index (χ3v) is 5.30. The monoisotopic (exact) mass is 318 g/mol. The second kappa shape index (κ2) is 6.99. The number of hydrogen-bond acceptors (Lipinski definition) is 4. The van der Waals surface area contributed by atoms with E-state index in [1.165, 1.54) is 19.3 Å². The van der Waals surface area contributed by atoms with Gasteiger partial charge >= 0.3 is 0 Å². The van der Waals surface area contributed by atoms with E-state index in [4.69, 9.17) is 10.5 Å². The molecule has 1 aromatic carbocycles. The van der Waals surface area contributed by atoms with Gasteiger partial charge in [-0.3, -0.25) is 9.69 Å². The number of nitrogens with two attached hydrogens (primary N) is 1. The minimum atomic E-state index is -1.66. The molecule has 0 radical (unpaired) electrons. The normalized spacial score (nSPS) is 26.0. The van der Waals surface area contributed by atoms with Crippen molar-refractivity contribution in [2.75, 3.05) is 32.8 Å². The summed E-state index contributed by atoms with van der Waals surface area (Å²) in [7, 11) is 0. The molecule has 126 valence electrons. The summed E-state index contributed by atoms with van der Waals surface area (Å²) in [6, 6.07) is 8.99. The lowest BCUT2D eigenvalue weighted by atomic mass is 9.76. The number of carbonyl (C=O) groups excluding carboxylic acids is 1. The largest absolute Gasteiger partial charge is 0.380 e. The fourth-order valence-electron chi connectivity index (χ4n) is 3.59. The SMILES string of the molecule is NC(=O)C(O)(CN1CCOCC(C2CCC2)C1)c1ccccc1. The second-order valence-electron chi connectivity index (χ2n) is 6.85. The second-order valence-corrected chi connectivity index (χ2v) is 6.85. The Hall–Kier alpha value is -1.43. The predicted octanol–water partition coefficient (Wildman–Crippen LogP) is 1.11. The quantitative estimate of drug-likeness (QED) is 0.853. The van der Waals surface area contributed by atoms with Crippen LogP contribution in [0.2, 0.25) is 0 Å². The van der Waals surface area contributed by atoms with Gasteiger partial charge in [-0.1, -0.05) is 49.6 Å². The highest BCUT2D eigenvalue weighted by Gasteiger charge is 2.39. The topological polar surface area (TPSA) is 75.8 Å². The van der Waals surface area contributed by atoms with Crippen molar-refractivity contribution in [3.8, 4) is 0 Å². The molecular formula is C18H26N2O3. The van der Waals surface area contributed by atoms with Crippen molar-refractivity contribution < 1.29 is 14.6 Å². The molecule has 1 amide bonds. The third-order valence-electron chi connectivity index (χ3n) is 5.30. The molecule has 0 spiro atoms. The van der Waals surface area contributed by atoms with Gasteiger partial charge in [0, 0.05) is 19.6 Å². The molecule has 2 atom stereocenters. The molecule has 2 unspecified atom stereocenters. The van der Waals surface area contributed by atoms with Crippen molar-refractivity contribution in [1.82, 2.24) is 4.90 Å². The summed E-state index contributed by atoms with van der Waals surface area (Å²) in [4.78, 5) is 14.1. The van der Waals surface area contributed by atoms with E-state index < -0.39 is 11.5 Å². The summed E-state index contributed by atoms with van der Waals surface area (Å²) in [5.41, 5.74) is 4.44. The van der Waals surface area contributed by atoms with Crippen LogP contribution in [0.5, 0.6) is 0 Å². The van der Waals surface area contributed by atoms with Gasteiger partial charge < -0.3 is 15.6 Å². The number of carbonyl (C=O) groups is 1. The maximum atomic E-state index is 12.0. The smallest absolute Gasteiger partial charge is 0.255 e. The number of primary amides is 1. The first kappa shape index (κ1) is 16.4. The molecule has 1 saturated carbocycles. The van der Waals surface area contributed by atoms with Gasteiger partial charge in [0.15, 0.2) is 5.60 Å². The van der Waals surface area contributed by atoms with Gasteiger partial charge in [-0.2, -0.15) is 0 Å². The first-order valence-electron chi connectivity index (χ1n) is 8.47. The number of β-amino-alcohol motifs (C(OH)–C–C–N with tert-alkyl or cyclic N) is 1. The van der Waals surface area contributed by atoms with Gasteiger partial charge in [0.1, 0.15) is 0 Å². The lowest BCUT2D eigenvalue weighted by Gasteiger charge is -2.37. The molecule has 0 aromatic heterocycles. The lowest BCUT2D eigenvalue weighted by molar-refractivity contribution is -0.139. The van der Waals surface area contributed by atoms with Gasteiger partial charge in [0.05, 0.1) is 13.2 Å². The summed E-state index contributed by atoms with van der Waals surface area (Å²) < 4.78 is 5.74. The Balaban J connectivity index is 1.75. The maximum Gasteiger partial charge on any atom is 0.255 e. The summed E-state index contributed by atoms with van der Waals surface area (Å²) in [5.74, 6) is 0.502. The zero-order valence-corrected chi connectivity index (χ0v) is 13.5. The average molecular weight is 318 g/mol. The van der Waals surface area contributed by atoms with Crippen molar-refractivity contribution >= 4 is 5.91 Å². The van der Waals surface area contributed by atoms with E-state index in [0.717, 1.165) is 13.2 Å². The van der Waals surface area contributed by atoms with Crippen LogP contribution in [-0.4, -0.2) is 48.8 Å². The minimum absolute atomic E-state index is 0.221. The fraction of sp³-hybridized carbons (Fsp3) is 0.611. The van der Waals surface area contributed by atoms with Crippen LogP contribution in [-0.2, 0) is 15.1 Å². The zero-order chi connectivity index (χ0) is 16.3. The minimum Gasteiger partial charge on any atom is -0.380 e. The third kappa shape index (κ3) is 3.57. The number of amides is 1. The first-order chi connectivity index (χ1) is 11.1. The van der Waals surface area contributed by atoms with Gasteiger partial charge in [-0.05, 0) is 17.4 Å². The van der Waals surface area contributed by atoms with Crippen molar-refractivity contribution in [2.24, 2.45) is 17.6 Å². The van der Waals surface area contributed by atoms with Gasteiger partial charge in [-0.15, -0.1) is 0 Å². The Labute approximate surface area is 137 Å². The number of rotatable bonds is 5. The van der Waals surface area contributed by atoms with E-state index in [-0.39, 0.29) is 6.54 Å². The van der Waals surface area contributed by atoms with E-state index >= 15 is 0 Å². The Morgan fingerprint density at radius 2 is 2.04 bits per heavy atom. The standard InChI is InChI=1S/C18H26N2O3/c19-17(21)18(22,16-7-2-1-3-8-16)13-20-9-10-23-12-15(11-20)14-5-4-6-14/h1-3,7-8,14-15,22H,4-6,9-13H2,(H2,19,21). The van der Waals surface area contributed by atoms with E-state index in [2.05, 4.69) is 4.90 Å². The van der Waals surface area contributed by atoms with Crippen LogP contribution in [0.1, 0.15) is 24.8 Å².